The van der Waals surface area contributed by atoms with E-state index in [1.807, 2.05) is 31.2 Å². The van der Waals surface area contributed by atoms with E-state index in [1.54, 1.807) is 29.2 Å². The average molecular weight is 366 g/mol. The van der Waals surface area contributed by atoms with Gasteiger partial charge in [0.1, 0.15) is 0 Å². The maximum absolute atomic E-state index is 12.6. The van der Waals surface area contributed by atoms with Crippen molar-refractivity contribution < 1.29 is 19.5 Å². The van der Waals surface area contributed by atoms with Crippen molar-refractivity contribution in [2.75, 3.05) is 11.4 Å². The van der Waals surface area contributed by atoms with Crippen molar-refractivity contribution in [1.82, 2.24) is 5.32 Å². The molecular formula is C21H22N2O4. The lowest BCUT2D eigenvalue weighted by Crippen LogP contribution is -2.30. The number of carbonyl (C=O) groups is 3. The van der Waals surface area contributed by atoms with Crippen LogP contribution in [0.5, 0.6) is 0 Å². The Morgan fingerprint density at radius 1 is 1.15 bits per heavy atom. The molecule has 2 N–H and O–H groups in total. The monoisotopic (exact) mass is 366 g/mol. The molecule has 0 saturated carbocycles. The highest BCUT2D eigenvalue weighted by Crippen LogP contribution is 2.23. The van der Waals surface area contributed by atoms with Gasteiger partial charge in [0.05, 0.1) is 12.5 Å². The third-order valence-electron chi connectivity index (χ3n) is 4.76. The molecule has 6 heteroatoms. The number of nitrogens with zero attached hydrogens (tertiary/aromatic N) is 1. The van der Waals surface area contributed by atoms with E-state index in [0.29, 0.717) is 18.5 Å². The van der Waals surface area contributed by atoms with E-state index in [4.69, 9.17) is 0 Å². The molecule has 0 spiro atoms. The van der Waals surface area contributed by atoms with Gasteiger partial charge in [-0.1, -0.05) is 24.3 Å². The molecule has 2 amide bonds. The molecular weight excluding hydrogens is 344 g/mol. The molecule has 6 nitrogen and oxygen atoms in total. The van der Waals surface area contributed by atoms with Crippen molar-refractivity contribution in [1.29, 1.82) is 0 Å². The highest BCUT2D eigenvalue weighted by atomic mass is 16.4. The Hall–Kier alpha value is -3.15. The van der Waals surface area contributed by atoms with Crippen molar-refractivity contribution >= 4 is 23.5 Å². The molecule has 1 aliphatic rings. The molecule has 0 aliphatic carbocycles. The van der Waals surface area contributed by atoms with Gasteiger partial charge >= 0.3 is 5.97 Å². The number of hydrogen-bond donors (Lipinski definition) is 2. The van der Waals surface area contributed by atoms with Crippen LogP contribution < -0.4 is 10.2 Å². The Morgan fingerprint density at radius 2 is 1.85 bits per heavy atom. The van der Waals surface area contributed by atoms with Gasteiger partial charge in [0.15, 0.2) is 0 Å². The summed E-state index contributed by atoms with van der Waals surface area (Å²) in [5.41, 5.74) is 2.91. The number of amides is 2. The third kappa shape index (κ3) is 4.34. The Morgan fingerprint density at radius 3 is 2.44 bits per heavy atom. The third-order valence-corrected chi connectivity index (χ3v) is 4.76. The zero-order valence-corrected chi connectivity index (χ0v) is 15.1. The van der Waals surface area contributed by atoms with E-state index in [2.05, 4.69) is 5.32 Å². The van der Waals surface area contributed by atoms with Gasteiger partial charge in [-0.15, -0.1) is 0 Å². The number of rotatable bonds is 6. The van der Waals surface area contributed by atoms with Crippen molar-refractivity contribution in [3.05, 3.63) is 65.2 Å². The summed E-state index contributed by atoms with van der Waals surface area (Å²) in [5, 5.41) is 12.0. The van der Waals surface area contributed by atoms with Crippen molar-refractivity contribution in [2.24, 2.45) is 0 Å². The van der Waals surface area contributed by atoms with Gasteiger partial charge in [-0.05, 0) is 48.7 Å². The van der Waals surface area contributed by atoms with Crippen LogP contribution in [0.15, 0.2) is 48.5 Å². The van der Waals surface area contributed by atoms with Crippen LogP contribution in [0.1, 0.15) is 46.8 Å². The van der Waals surface area contributed by atoms with Gasteiger partial charge in [-0.25, -0.2) is 0 Å². The van der Waals surface area contributed by atoms with Crippen LogP contribution in [0.3, 0.4) is 0 Å². The second-order valence-corrected chi connectivity index (χ2v) is 6.68. The highest BCUT2D eigenvalue weighted by Gasteiger charge is 2.23. The normalized spacial score (nSPS) is 14.9. The fourth-order valence-electron chi connectivity index (χ4n) is 3.35. The van der Waals surface area contributed by atoms with Crippen LogP contribution in [0.2, 0.25) is 0 Å². The molecule has 0 bridgehead atoms. The van der Waals surface area contributed by atoms with Crippen LogP contribution in [-0.4, -0.2) is 29.4 Å². The topological polar surface area (TPSA) is 86.7 Å². The number of carbonyl (C=O) groups excluding carboxylic acids is 2. The molecule has 2 aromatic carbocycles. The van der Waals surface area contributed by atoms with E-state index in [1.165, 1.54) is 0 Å². The Balaban J connectivity index is 1.76. The van der Waals surface area contributed by atoms with Crippen LogP contribution in [-0.2, 0) is 9.59 Å². The fraction of sp³-hybridized carbons (Fsp3) is 0.286. The summed E-state index contributed by atoms with van der Waals surface area (Å²) in [4.78, 5) is 37.4. The lowest BCUT2D eigenvalue weighted by molar-refractivity contribution is -0.137. The number of aryl methyl sites for hydroxylation is 1. The van der Waals surface area contributed by atoms with Gasteiger partial charge in [-0.3, -0.25) is 14.4 Å². The first-order valence-corrected chi connectivity index (χ1v) is 8.94. The Kier molecular flexibility index (Phi) is 5.54. The summed E-state index contributed by atoms with van der Waals surface area (Å²) in [7, 11) is 0. The predicted molar refractivity (Wildman–Crippen MR) is 102 cm³/mol. The maximum atomic E-state index is 12.6. The number of aliphatic carboxylic acids is 1. The summed E-state index contributed by atoms with van der Waals surface area (Å²) < 4.78 is 0. The molecule has 0 radical (unpaired) electrons. The summed E-state index contributed by atoms with van der Waals surface area (Å²) in [6, 6.07) is 13.6. The molecule has 1 fully saturated rings. The molecule has 1 aliphatic heterocycles. The largest absolute Gasteiger partial charge is 0.481 e. The minimum Gasteiger partial charge on any atom is -0.481 e. The Labute approximate surface area is 157 Å². The van der Waals surface area contributed by atoms with Crippen molar-refractivity contribution in [2.45, 2.75) is 32.2 Å². The summed E-state index contributed by atoms with van der Waals surface area (Å²) in [6.45, 7) is 2.58. The van der Waals surface area contributed by atoms with Gasteiger partial charge in [-0.2, -0.15) is 0 Å². The zero-order chi connectivity index (χ0) is 19.4. The van der Waals surface area contributed by atoms with E-state index >= 15 is 0 Å². The predicted octanol–water partition coefficient (Wildman–Crippen LogP) is 3.07. The van der Waals surface area contributed by atoms with Gasteiger partial charge in [0.2, 0.25) is 5.91 Å². The minimum atomic E-state index is -0.980. The fourth-order valence-corrected chi connectivity index (χ4v) is 3.35. The smallest absolute Gasteiger partial charge is 0.305 e. The second kappa shape index (κ2) is 8.03. The number of nitrogens with one attached hydrogen (secondary N) is 1. The lowest BCUT2D eigenvalue weighted by atomic mass is 9.98. The maximum Gasteiger partial charge on any atom is 0.305 e. The minimum absolute atomic E-state index is 0.0910. The van der Waals surface area contributed by atoms with Gasteiger partial charge < -0.3 is 15.3 Å². The van der Waals surface area contributed by atoms with Crippen LogP contribution >= 0.6 is 0 Å². The summed E-state index contributed by atoms with van der Waals surface area (Å²) in [6.07, 6.45) is 1.20. The first-order chi connectivity index (χ1) is 13.0. The molecule has 2 aromatic rings. The highest BCUT2D eigenvalue weighted by molar-refractivity contribution is 5.97. The molecule has 1 heterocycles. The molecule has 140 valence electrons. The first-order valence-electron chi connectivity index (χ1n) is 8.94. The van der Waals surface area contributed by atoms with Crippen molar-refractivity contribution in [3.8, 4) is 0 Å². The SMILES string of the molecule is Cc1ccccc1C(CC(=O)O)NC(=O)c1ccc(N2CCCC2=O)cc1. The number of carboxylic acids is 1. The molecule has 27 heavy (non-hydrogen) atoms. The van der Waals surface area contributed by atoms with E-state index in [9.17, 15) is 19.5 Å². The van der Waals surface area contributed by atoms with Crippen LogP contribution in [0.25, 0.3) is 0 Å². The zero-order valence-electron chi connectivity index (χ0n) is 15.1. The van der Waals surface area contributed by atoms with E-state index in [-0.39, 0.29) is 18.2 Å². The Bertz CT molecular complexity index is 861. The summed E-state index contributed by atoms with van der Waals surface area (Å²) in [5.74, 6) is -1.23. The summed E-state index contributed by atoms with van der Waals surface area (Å²) >= 11 is 0. The molecule has 1 unspecified atom stereocenters. The van der Waals surface area contributed by atoms with Crippen LogP contribution in [0, 0.1) is 6.92 Å². The van der Waals surface area contributed by atoms with E-state index < -0.39 is 12.0 Å². The molecule has 1 atom stereocenters. The lowest BCUT2D eigenvalue weighted by Gasteiger charge is -2.20. The number of hydrogen-bond acceptors (Lipinski definition) is 3. The first kappa shape index (κ1) is 18.6. The van der Waals surface area contributed by atoms with Crippen LogP contribution in [0.4, 0.5) is 5.69 Å². The number of benzene rings is 2. The van der Waals surface area contributed by atoms with Crippen molar-refractivity contribution in [3.63, 3.8) is 0 Å². The number of anilines is 1. The number of carboxylic acid groups (broad SMARTS) is 1. The molecule has 0 aromatic heterocycles. The van der Waals surface area contributed by atoms with E-state index in [0.717, 1.165) is 23.2 Å². The van der Waals surface area contributed by atoms with Gasteiger partial charge in [0.25, 0.3) is 5.91 Å². The quantitative estimate of drug-likeness (QED) is 0.823. The average Bonchev–Trinajstić information content (AvgIpc) is 3.07. The second-order valence-electron chi connectivity index (χ2n) is 6.68. The standard InChI is InChI=1S/C21H22N2O4/c1-14-5-2-3-6-17(14)18(13-20(25)26)22-21(27)15-8-10-16(11-9-15)23-12-4-7-19(23)24/h2-3,5-6,8-11,18H,4,7,12-13H2,1H3,(H,22,27)(H,25,26). The molecule has 1 saturated heterocycles. The van der Waals surface area contributed by atoms with Gasteiger partial charge in [0, 0.05) is 24.2 Å². The molecule has 3 rings (SSSR count).